The fraction of sp³-hybridized carbons (Fsp3) is 0.292. The van der Waals surface area contributed by atoms with Gasteiger partial charge in [0.25, 0.3) is 0 Å². The van der Waals surface area contributed by atoms with Crippen molar-refractivity contribution in [1.82, 2.24) is 9.88 Å². The number of piperidine rings is 1. The van der Waals surface area contributed by atoms with Gasteiger partial charge in [0.2, 0.25) is 5.91 Å². The van der Waals surface area contributed by atoms with Crippen LogP contribution in [0.1, 0.15) is 31.2 Å². The van der Waals surface area contributed by atoms with Crippen LogP contribution in [0.25, 0.3) is 0 Å². The Kier molecular flexibility index (Phi) is 6.79. The predicted octanol–water partition coefficient (Wildman–Crippen LogP) is 3.99. The van der Waals surface area contributed by atoms with Crippen LogP contribution >= 0.6 is 0 Å². The molecule has 0 aliphatic carbocycles. The number of hydrogen-bond donors (Lipinski definition) is 1. The Morgan fingerprint density at radius 3 is 2.73 bits per heavy atom. The molecule has 1 aliphatic heterocycles. The van der Waals surface area contributed by atoms with Gasteiger partial charge in [0.15, 0.2) is 24.0 Å². The molecule has 172 valence electrons. The summed E-state index contributed by atoms with van der Waals surface area (Å²) in [6, 6.07) is 9.43. The molecule has 3 aromatic rings. The third-order valence-corrected chi connectivity index (χ3v) is 5.79. The average Bonchev–Trinajstić information content (AvgIpc) is 2.82. The third kappa shape index (κ3) is 5.61. The molecule has 0 bridgehead atoms. The van der Waals surface area contributed by atoms with Gasteiger partial charge in [-0.25, -0.2) is 13.8 Å². The van der Waals surface area contributed by atoms with E-state index in [0.29, 0.717) is 5.82 Å². The summed E-state index contributed by atoms with van der Waals surface area (Å²) in [5, 5.41) is 14.1. The molecule has 1 aliphatic rings. The second kappa shape index (κ2) is 9.91. The van der Waals surface area contributed by atoms with Gasteiger partial charge in [-0.1, -0.05) is 0 Å². The lowest BCUT2D eigenvalue weighted by Gasteiger charge is -2.36. The molecule has 7 nitrogen and oxygen atoms in total. The third-order valence-electron chi connectivity index (χ3n) is 5.79. The van der Waals surface area contributed by atoms with Crippen LogP contribution in [0.5, 0.6) is 11.5 Å². The number of halogens is 2. The van der Waals surface area contributed by atoms with Gasteiger partial charge in [-0.3, -0.25) is 9.69 Å². The van der Waals surface area contributed by atoms with Crippen molar-refractivity contribution in [2.24, 2.45) is 0 Å². The number of nitrogens with zero attached hydrogens (tertiary/aromatic N) is 3. The summed E-state index contributed by atoms with van der Waals surface area (Å²) in [4.78, 5) is 19.1. The molecule has 1 aromatic carbocycles. The Morgan fingerprint density at radius 1 is 1.24 bits per heavy atom. The van der Waals surface area contributed by atoms with Gasteiger partial charge < -0.3 is 15.3 Å². The van der Waals surface area contributed by atoms with Crippen molar-refractivity contribution in [2.75, 3.05) is 18.4 Å². The number of nitrogens with one attached hydrogen (secondary N) is 1. The second-order valence-electron chi connectivity index (χ2n) is 8.05. The minimum absolute atomic E-state index is 0.119. The number of likely N-dealkylation sites (tertiary alicyclic amines) is 1. The van der Waals surface area contributed by atoms with E-state index in [2.05, 4.69) is 15.2 Å². The zero-order chi connectivity index (χ0) is 23.4. The van der Waals surface area contributed by atoms with Crippen LogP contribution in [0.4, 0.5) is 14.6 Å². The van der Waals surface area contributed by atoms with Crippen molar-refractivity contribution in [3.05, 3.63) is 83.5 Å². The number of carbonyl (C=O) groups excluding carboxylic acids is 1. The molecule has 33 heavy (non-hydrogen) atoms. The summed E-state index contributed by atoms with van der Waals surface area (Å²) in [5.41, 5.74) is 1.09. The largest absolute Gasteiger partial charge is 0.619 e. The Bertz CT molecular complexity index is 1110. The molecular weight excluding hydrogens is 430 g/mol. The van der Waals surface area contributed by atoms with Gasteiger partial charge in [0.1, 0.15) is 17.4 Å². The van der Waals surface area contributed by atoms with Gasteiger partial charge >= 0.3 is 0 Å². The first-order valence-electron chi connectivity index (χ1n) is 10.7. The number of benzene rings is 1. The topological polar surface area (TPSA) is 81.4 Å². The Morgan fingerprint density at radius 2 is 2.03 bits per heavy atom. The highest BCUT2D eigenvalue weighted by Gasteiger charge is 2.28. The Balaban J connectivity index is 1.34. The number of aromatic nitrogens is 2. The Labute approximate surface area is 190 Å². The fourth-order valence-electron chi connectivity index (χ4n) is 3.92. The van der Waals surface area contributed by atoms with Crippen molar-refractivity contribution >= 4 is 11.7 Å². The highest BCUT2D eigenvalue weighted by atomic mass is 19.1. The van der Waals surface area contributed by atoms with E-state index in [1.54, 1.807) is 12.1 Å². The van der Waals surface area contributed by atoms with Crippen LogP contribution in [0, 0.1) is 16.8 Å². The quantitative estimate of drug-likeness (QED) is 0.450. The molecule has 2 aromatic heterocycles. The van der Waals surface area contributed by atoms with Crippen LogP contribution < -0.4 is 14.8 Å². The lowest BCUT2D eigenvalue weighted by Crippen LogP contribution is -2.46. The van der Waals surface area contributed by atoms with Crippen molar-refractivity contribution in [1.29, 1.82) is 0 Å². The summed E-state index contributed by atoms with van der Waals surface area (Å²) in [7, 11) is 0. The van der Waals surface area contributed by atoms with E-state index in [1.165, 1.54) is 24.7 Å². The number of pyridine rings is 2. The minimum Gasteiger partial charge on any atom is -0.619 e. The van der Waals surface area contributed by atoms with Gasteiger partial charge in [0.05, 0.1) is 12.2 Å². The summed E-state index contributed by atoms with van der Waals surface area (Å²) in [6.07, 6.45) is 6.31. The minimum atomic E-state index is -0.816. The number of hydrogen-bond acceptors (Lipinski definition) is 5. The van der Waals surface area contributed by atoms with Crippen molar-refractivity contribution in [2.45, 2.75) is 31.7 Å². The molecule has 0 saturated carbocycles. The predicted molar refractivity (Wildman–Crippen MR) is 118 cm³/mol. The highest BCUT2D eigenvalue weighted by molar-refractivity contribution is 5.93. The maximum absolute atomic E-state index is 13.7. The van der Waals surface area contributed by atoms with Crippen LogP contribution in [-0.2, 0) is 4.79 Å². The van der Waals surface area contributed by atoms with Crippen molar-refractivity contribution in [3.8, 4) is 11.5 Å². The SMILES string of the molecule is C[C@@H](C(=O)Nc1ccc(Oc2ccc(F)cc2F)cn1)N1CCC[C@@H](c2cc[n+]([O-])cc2)C1. The standard InChI is InChI=1S/C24H24F2N4O3/c1-16(29-10-2-3-18(15-29)17-8-11-30(32)12-9-17)24(31)28-23-7-5-20(14-27-23)33-22-6-4-19(25)13-21(22)26/h4-9,11-14,16,18H,2-3,10,15H2,1H3,(H,27,28,31)/t16-,18+/m0/s1. The zero-order valence-electron chi connectivity index (χ0n) is 18.1. The van der Waals surface area contributed by atoms with Crippen molar-refractivity contribution < 1.29 is 23.0 Å². The lowest BCUT2D eigenvalue weighted by molar-refractivity contribution is -0.605. The number of amides is 1. The molecule has 1 fully saturated rings. The molecule has 0 spiro atoms. The molecule has 9 heteroatoms. The van der Waals surface area contributed by atoms with Gasteiger partial charge in [-0.05, 0) is 62.1 Å². The monoisotopic (exact) mass is 454 g/mol. The van der Waals surface area contributed by atoms with E-state index in [-0.39, 0.29) is 29.4 Å². The first-order valence-corrected chi connectivity index (χ1v) is 10.7. The van der Waals surface area contributed by atoms with E-state index < -0.39 is 11.6 Å². The zero-order valence-corrected chi connectivity index (χ0v) is 18.1. The summed E-state index contributed by atoms with van der Waals surface area (Å²) in [5.74, 6) is -0.952. The molecular formula is C24H24F2N4O3. The normalized spacial score (nSPS) is 17.4. The number of carbonyl (C=O) groups is 1. The molecule has 0 radical (unpaired) electrons. The fourth-order valence-corrected chi connectivity index (χ4v) is 3.92. The van der Waals surface area contributed by atoms with E-state index >= 15 is 0 Å². The molecule has 1 saturated heterocycles. The highest BCUT2D eigenvalue weighted by Crippen LogP contribution is 2.28. The smallest absolute Gasteiger partial charge is 0.242 e. The number of ether oxygens (including phenoxy) is 1. The first kappa shape index (κ1) is 22.6. The molecule has 2 atom stereocenters. The van der Waals surface area contributed by atoms with Gasteiger partial charge in [-0.2, -0.15) is 4.73 Å². The summed E-state index contributed by atoms with van der Waals surface area (Å²) >= 11 is 0. The molecule has 4 rings (SSSR count). The molecule has 1 N–H and O–H groups in total. The second-order valence-corrected chi connectivity index (χ2v) is 8.05. The first-order chi connectivity index (χ1) is 15.9. The average molecular weight is 454 g/mol. The molecule has 3 heterocycles. The number of rotatable bonds is 6. The van der Waals surface area contributed by atoms with Gasteiger partial charge in [-0.15, -0.1) is 0 Å². The summed E-state index contributed by atoms with van der Waals surface area (Å²) < 4.78 is 32.9. The van der Waals surface area contributed by atoms with E-state index in [0.717, 1.165) is 48.4 Å². The van der Waals surface area contributed by atoms with Crippen LogP contribution in [-0.4, -0.2) is 34.9 Å². The Hall–Kier alpha value is -3.59. The molecule has 1 amide bonds. The van der Waals surface area contributed by atoms with Gasteiger partial charge in [0, 0.05) is 24.7 Å². The van der Waals surface area contributed by atoms with Crippen molar-refractivity contribution in [3.63, 3.8) is 0 Å². The molecule has 0 unspecified atom stereocenters. The number of anilines is 1. The lowest BCUT2D eigenvalue weighted by atomic mass is 9.90. The summed E-state index contributed by atoms with van der Waals surface area (Å²) in [6.45, 7) is 3.38. The van der Waals surface area contributed by atoms with E-state index in [9.17, 15) is 18.8 Å². The maximum atomic E-state index is 13.7. The van der Waals surface area contributed by atoms with Crippen LogP contribution in [0.3, 0.4) is 0 Å². The van der Waals surface area contributed by atoms with E-state index in [4.69, 9.17) is 4.74 Å². The van der Waals surface area contributed by atoms with Crippen LogP contribution in [0.2, 0.25) is 0 Å². The van der Waals surface area contributed by atoms with Crippen LogP contribution in [0.15, 0.2) is 61.1 Å². The maximum Gasteiger partial charge on any atom is 0.242 e. The van der Waals surface area contributed by atoms with E-state index in [1.807, 2.05) is 19.1 Å².